The van der Waals surface area contributed by atoms with Crippen molar-refractivity contribution in [1.29, 1.82) is 0 Å². The number of nitrogens with one attached hydrogen (secondary N) is 1. The fraction of sp³-hybridized carbons (Fsp3) is 0.0909. The number of amides is 1. The number of nitrogens with zero attached hydrogens (tertiary/aromatic N) is 1. The Labute approximate surface area is 91.8 Å². The first-order valence-corrected chi connectivity index (χ1v) is 5.42. The Balaban J connectivity index is 2.24. The third-order valence-electron chi connectivity index (χ3n) is 1.83. The molecular weight excluding hydrogens is 208 g/mol. The second-order valence-electron chi connectivity index (χ2n) is 3.09. The monoisotopic (exact) mass is 218 g/mol. The van der Waals surface area contributed by atoms with Crippen LogP contribution in [0.2, 0.25) is 0 Å². The summed E-state index contributed by atoms with van der Waals surface area (Å²) in [5.74, 6) is 0.520. The van der Waals surface area contributed by atoms with E-state index in [4.69, 9.17) is 0 Å². The Bertz CT molecular complexity index is 464. The average molecular weight is 218 g/mol. The van der Waals surface area contributed by atoms with Gasteiger partial charge in [-0.15, -0.1) is 11.3 Å². The second kappa shape index (κ2) is 4.23. The van der Waals surface area contributed by atoms with E-state index in [9.17, 15) is 4.79 Å². The van der Waals surface area contributed by atoms with Crippen molar-refractivity contribution in [1.82, 2.24) is 4.98 Å². The predicted molar refractivity (Wildman–Crippen MR) is 61.9 cm³/mol. The van der Waals surface area contributed by atoms with E-state index >= 15 is 0 Å². The van der Waals surface area contributed by atoms with Gasteiger partial charge in [0.15, 0.2) is 0 Å². The molecule has 0 aliphatic carbocycles. The molecular formula is C11H10N2OS. The molecule has 0 aliphatic rings. The molecule has 4 heteroatoms. The van der Waals surface area contributed by atoms with E-state index in [0.717, 1.165) is 10.6 Å². The lowest BCUT2D eigenvalue weighted by atomic mass is 10.2. The maximum Gasteiger partial charge on any atom is 0.222 e. The molecule has 1 N–H and O–H groups in total. The van der Waals surface area contributed by atoms with Crippen LogP contribution in [-0.2, 0) is 4.79 Å². The number of anilines is 1. The fourth-order valence-electron chi connectivity index (χ4n) is 1.22. The minimum Gasteiger partial charge on any atom is -0.310 e. The first-order valence-electron chi connectivity index (χ1n) is 4.54. The zero-order valence-electron chi connectivity index (χ0n) is 8.23. The molecule has 1 heterocycles. The summed E-state index contributed by atoms with van der Waals surface area (Å²) in [7, 11) is 0. The highest BCUT2D eigenvalue weighted by atomic mass is 32.1. The molecule has 3 nitrogen and oxygen atoms in total. The molecule has 0 aliphatic heterocycles. The number of hydrogen-bond donors (Lipinski definition) is 1. The summed E-state index contributed by atoms with van der Waals surface area (Å²) in [6.07, 6.45) is 0. The van der Waals surface area contributed by atoms with Crippen LogP contribution >= 0.6 is 11.3 Å². The zero-order chi connectivity index (χ0) is 10.7. The number of benzene rings is 1. The quantitative estimate of drug-likeness (QED) is 0.842. The van der Waals surface area contributed by atoms with Gasteiger partial charge >= 0.3 is 0 Å². The topological polar surface area (TPSA) is 42.0 Å². The third-order valence-corrected chi connectivity index (χ3v) is 2.72. The maximum absolute atomic E-state index is 10.8. The van der Waals surface area contributed by atoms with Crippen molar-refractivity contribution in [3.8, 4) is 10.6 Å². The Kier molecular flexibility index (Phi) is 2.78. The van der Waals surface area contributed by atoms with Crippen LogP contribution in [0.25, 0.3) is 10.6 Å². The lowest BCUT2D eigenvalue weighted by molar-refractivity contribution is -0.114. The van der Waals surface area contributed by atoms with Gasteiger partial charge in [0, 0.05) is 17.9 Å². The van der Waals surface area contributed by atoms with Gasteiger partial charge in [0.05, 0.1) is 0 Å². The summed E-state index contributed by atoms with van der Waals surface area (Å²) in [5.41, 5.74) is 1.07. The predicted octanol–water partition coefficient (Wildman–Crippen LogP) is 2.77. The van der Waals surface area contributed by atoms with Crippen LogP contribution in [0.15, 0.2) is 35.7 Å². The summed E-state index contributed by atoms with van der Waals surface area (Å²) in [6.45, 7) is 1.47. The standard InChI is InChI=1S/C11H10N2OS/c1-8(14)12-10-7-15-11(13-10)9-5-3-2-4-6-9/h2-7H,1H3,(H,12,14). The normalized spacial score (nSPS) is 9.93. The second-order valence-corrected chi connectivity index (χ2v) is 3.94. The van der Waals surface area contributed by atoms with Crippen LogP contribution in [0, 0.1) is 0 Å². The van der Waals surface area contributed by atoms with Crippen molar-refractivity contribution in [3.63, 3.8) is 0 Å². The van der Waals surface area contributed by atoms with E-state index in [1.54, 1.807) is 0 Å². The lowest BCUT2D eigenvalue weighted by Gasteiger charge is -1.95. The van der Waals surface area contributed by atoms with Gasteiger partial charge in [-0.05, 0) is 0 Å². The van der Waals surface area contributed by atoms with Gasteiger partial charge in [0.1, 0.15) is 10.8 Å². The highest BCUT2D eigenvalue weighted by Gasteiger charge is 2.04. The summed E-state index contributed by atoms with van der Waals surface area (Å²) < 4.78 is 0. The first kappa shape index (κ1) is 9.86. The molecule has 15 heavy (non-hydrogen) atoms. The van der Waals surface area contributed by atoms with Crippen molar-refractivity contribution in [2.45, 2.75) is 6.92 Å². The third kappa shape index (κ3) is 2.41. The lowest BCUT2D eigenvalue weighted by Crippen LogP contribution is -2.05. The average Bonchev–Trinajstić information content (AvgIpc) is 2.67. The highest BCUT2D eigenvalue weighted by molar-refractivity contribution is 7.13. The number of aromatic nitrogens is 1. The Morgan fingerprint density at radius 1 is 1.33 bits per heavy atom. The van der Waals surface area contributed by atoms with Gasteiger partial charge in [-0.1, -0.05) is 30.3 Å². The van der Waals surface area contributed by atoms with Crippen LogP contribution in [0.1, 0.15) is 6.92 Å². The van der Waals surface area contributed by atoms with E-state index in [1.807, 2.05) is 35.7 Å². The highest BCUT2D eigenvalue weighted by Crippen LogP contribution is 2.25. The maximum atomic E-state index is 10.8. The van der Waals surface area contributed by atoms with Crippen molar-refractivity contribution in [2.75, 3.05) is 5.32 Å². The zero-order valence-corrected chi connectivity index (χ0v) is 9.04. The summed E-state index contributed by atoms with van der Waals surface area (Å²) >= 11 is 1.52. The number of thiazole rings is 1. The summed E-state index contributed by atoms with van der Waals surface area (Å²) in [5, 5.41) is 5.41. The van der Waals surface area contributed by atoms with Gasteiger partial charge in [-0.25, -0.2) is 4.98 Å². The van der Waals surface area contributed by atoms with Crippen LogP contribution in [-0.4, -0.2) is 10.9 Å². The van der Waals surface area contributed by atoms with Crippen molar-refractivity contribution < 1.29 is 4.79 Å². The van der Waals surface area contributed by atoms with Gasteiger partial charge in [0.2, 0.25) is 5.91 Å². The number of carbonyl (C=O) groups excluding carboxylic acids is 1. The van der Waals surface area contributed by atoms with Crippen LogP contribution < -0.4 is 5.32 Å². The molecule has 0 unspecified atom stereocenters. The van der Waals surface area contributed by atoms with E-state index < -0.39 is 0 Å². The molecule has 1 aromatic heterocycles. The molecule has 0 radical (unpaired) electrons. The summed E-state index contributed by atoms with van der Waals surface area (Å²) in [4.78, 5) is 15.1. The van der Waals surface area contributed by atoms with Crippen LogP contribution in [0.3, 0.4) is 0 Å². The Morgan fingerprint density at radius 3 is 2.73 bits per heavy atom. The Hall–Kier alpha value is -1.68. The van der Waals surface area contributed by atoms with Crippen LogP contribution in [0.5, 0.6) is 0 Å². The smallest absolute Gasteiger partial charge is 0.222 e. The molecule has 2 aromatic rings. The van der Waals surface area contributed by atoms with Gasteiger partial charge in [-0.3, -0.25) is 4.79 Å². The fourth-order valence-corrected chi connectivity index (χ4v) is 1.98. The molecule has 1 aromatic carbocycles. The molecule has 76 valence electrons. The van der Waals surface area contributed by atoms with Gasteiger partial charge < -0.3 is 5.32 Å². The minimum absolute atomic E-state index is 0.0973. The molecule has 0 spiro atoms. The van der Waals surface area contributed by atoms with E-state index in [2.05, 4.69) is 10.3 Å². The number of carbonyl (C=O) groups is 1. The van der Waals surface area contributed by atoms with Gasteiger partial charge in [0.25, 0.3) is 0 Å². The molecule has 0 fully saturated rings. The summed E-state index contributed by atoms with van der Waals surface area (Å²) in [6, 6.07) is 9.89. The van der Waals surface area contributed by atoms with Crippen molar-refractivity contribution >= 4 is 23.1 Å². The van der Waals surface area contributed by atoms with Crippen molar-refractivity contribution in [3.05, 3.63) is 35.7 Å². The number of rotatable bonds is 2. The molecule has 2 rings (SSSR count). The van der Waals surface area contributed by atoms with Crippen LogP contribution in [0.4, 0.5) is 5.82 Å². The van der Waals surface area contributed by atoms with Crippen molar-refractivity contribution in [2.24, 2.45) is 0 Å². The van der Waals surface area contributed by atoms with E-state index in [-0.39, 0.29) is 5.91 Å². The minimum atomic E-state index is -0.0973. The van der Waals surface area contributed by atoms with E-state index in [0.29, 0.717) is 5.82 Å². The number of hydrogen-bond acceptors (Lipinski definition) is 3. The van der Waals surface area contributed by atoms with Gasteiger partial charge in [-0.2, -0.15) is 0 Å². The Morgan fingerprint density at radius 2 is 2.07 bits per heavy atom. The molecule has 1 amide bonds. The first-order chi connectivity index (χ1) is 7.25. The molecule has 0 atom stereocenters. The molecule has 0 saturated heterocycles. The SMILES string of the molecule is CC(=O)Nc1csc(-c2ccccc2)n1. The molecule has 0 bridgehead atoms. The molecule has 0 saturated carbocycles. The largest absolute Gasteiger partial charge is 0.310 e. The van der Waals surface area contributed by atoms with E-state index in [1.165, 1.54) is 18.3 Å².